The van der Waals surface area contributed by atoms with E-state index >= 15 is 0 Å². The summed E-state index contributed by atoms with van der Waals surface area (Å²) in [7, 11) is 0. The molecule has 1 aromatic carbocycles. The van der Waals surface area contributed by atoms with Crippen molar-refractivity contribution in [1.29, 1.82) is 0 Å². The third-order valence-corrected chi connectivity index (χ3v) is 2.85. The molecule has 0 saturated heterocycles. The Morgan fingerprint density at radius 2 is 2.11 bits per heavy atom. The summed E-state index contributed by atoms with van der Waals surface area (Å²) in [5, 5.41) is 0.717. The molecule has 1 atom stereocenters. The van der Waals surface area contributed by atoms with Crippen LogP contribution in [0.1, 0.15) is 25.8 Å². The Labute approximate surface area is 114 Å². The molecule has 0 heterocycles. The van der Waals surface area contributed by atoms with Gasteiger partial charge in [0.15, 0.2) is 0 Å². The summed E-state index contributed by atoms with van der Waals surface area (Å²) in [5.74, 6) is 0.830. The van der Waals surface area contributed by atoms with E-state index in [2.05, 4.69) is 0 Å². The Balaban J connectivity index is 2.55. The Kier molecular flexibility index (Phi) is 7.09. The Hall–Kier alpha value is -0.770. The van der Waals surface area contributed by atoms with Gasteiger partial charge in [-0.3, -0.25) is 0 Å². The van der Waals surface area contributed by atoms with Crippen LogP contribution < -0.4 is 10.5 Å². The molecule has 0 aliphatic rings. The van der Waals surface area contributed by atoms with Crippen LogP contribution in [0.25, 0.3) is 0 Å². The van der Waals surface area contributed by atoms with E-state index in [1.165, 1.54) is 0 Å². The van der Waals surface area contributed by atoms with Gasteiger partial charge in [0.1, 0.15) is 5.75 Å². The van der Waals surface area contributed by atoms with Gasteiger partial charge < -0.3 is 15.2 Å². The van der Waals surface area contributed by atoms with E-state index in [1.807, 2.05) is 32.0 Å². The van der Waals surface area contributed by atoms with Crippen molar-refractivity contribution in [1.82, 2.24) is 0 Å². The molecular formula is C14H22ClNO2. The van der Waals surface area contributed by atoms with Gasteiger partial charge in [-0.1, -0.05) is 17.7 Å². The number of benzene rings is 1. The molecule has 0 aromatic heterocycles. The van der Waals surface area contributed by atoms with Crippen molar-refractivity contribution in [2.45, 2.75) is 32.7 Å². The van der Waals surface area contributed by atoms with Crippen molar-refractivity contribution in [2.75, 3.05) is 19.8 Å². The Bertz CT molecular complexity index is 356. The maximum atomic E-state index is 6.18. The van der Waals surface area contributed by atoms with Gasteiger partial charge in [-0.2, -0.15) is 0 Å². The summed E-state index contributed by atoms with van der Waals surface area (Å²) >= 11 is 6.18. The fraction of sp³-hybridized carbons (Fsp3) is 0.571. The van der Waals surface area contributed by atoms with Gasteiger partial charge in [-0.25, -0.2) is 0 Å². The molecule has 1 aromatic rings. The normalized spacial score (nSPS) is 12.4. The first-order valence-corrected chi connectivity index (χ1v) is 6.76. The first-order valence-electron chi connectivity index (χ1n) is 6.38. The summed E-state index contributed by atoms with van der Waals surface area (Å²) in [6.07, 6.45) is 1.60. The van der Waals surface area contributed by atoms with E-state index in [0.717, 1.165) is 42.4 Å². The molecule has 0 aliphatic heterocycles. The maximum absolute atomic E-state index is 6.18. The van der Waals surface area contributed by atoms with Crippen molar-refractivity contribution in [3.8, 4) is 5.75 Å². The van der Waals surface area contributed by atoms with Crippen molar-refractivity contribution < 1.29 is 9.47 Å². The maximum Gasteiger partial charge on any atom is 0.124 e. The monoisotopic (exact) mass is 271 g/mol. The second-order valence-corrected chi connectivity index (χ2v) is 4.70. The molecule has 0 spiro atoms. The highest BCUT2D eigenvalue weighted by atomic mass is 35.5. The predicted molar refractivity (Wildman–Crippen MR) is 75.4 cm³/mol. The summed E-state index contributed by atoms with van der Waals surface area (Å²) < 4.78 is 11.0. The van der Waals surface area contributed by atoms with Crippen LogP contribution in [0.15, 0.2) is 18.2 Å². The minimum Gasteiger partial charge on any atom is -0.493 e. The first kappa shape index (κ1) is 15.3. The van der Waals surface area contributed by atoms with Crippen LogP contribution in [0.2, 0.25) is 5.02 Å². The van der Waals surface area contributed by atoms with Crippen molar-refractivity contribution in [3.05, 3.63) is 28.8 Å². The van der Waals surface area contributed by atoms with Crippen LogP contribution in [0.4, 0.5) is 0 Å². The number of hydrogen-bond donors (Lipinski definition) is 1. The molecule has 2 N–H and O–H groups in total. The lowest BCUT2D eigenvalue weighted by atomic mass is 10.1. The van der Waals surface area contributed by atoms with Gasteiger partial charge >= 0.3 is 0 Å². The lowest BCUT2D eigenvalue weighted by Crippen LogP contribution is -2.18. The molecule has 3 nitrogen and oxygen atoms in total. The molecule has 1 rings (SSSR count). The minimum absolute atomic E-state index is 0.0654. The third kappa shape index (κ3) is 5.25. The van der Waals surface area contributed by atoms with Crippen molar-refractivity contribution in [3.63, 3.8) is 0 Å². The van der Waals surface area contributed by atoms with E-state index in [1.54, 1.807) is 0 Å². The molecule has 0 saturated carbocycles. The summed E-state index contributed by atoms with van der Waals surface area (Å²) in [6, 6.07) is 5.76. The van der Waals surface area contributed by atoms with Gasteiger partial charge in [-0.05, 0) is 32.4 Å². The average Bonchev–Trinajstić information content (AvgIpc) is 2.32. The Morgan fingerprint density at radius 3 is 2.78 bits per heavy atom. The molecular weight excluding hydrogens is 250 g/mol. The predicted octanol–water partition coefficient (Wildman–Crippen LogP) is 3.04. The smallest absolute Gasteiger partial charge is 0.124 e. The number of halogens is 1. The van der Waals surface area contributed by atoms with Crippen LogP contribution in [0.5, 0.6) is 5.75 Å². The van der Waals surface area contributed by atoms with E-state index in [4.69, 9.17) is 26.8 Å². The van der Waals surface area contributed by atoms with E-state index < -0.39 is 0 Å². The fourth-order valence-corrected chi connectivity index (χ4v) is 1.92. The topological polar surface area (TPSA) is 44.5 Å². The zero-order chi connectivity index (χ0) is 13.4. The zero-order valence-corrected chi connectivity index (χ0v) is 11.9. The van der Waals surface area contributed by atoms with Crippen LogP contribution in [0, 0.1) is 0 Å². The SMILES string of the molecule is CCOCCCOc1cccc(Cl)c1CC(C)N. The highest BCUT2D eigenvalue weighted by Gasteiger charge is 2.10. The third-order valence-electron chi connectivity index (χ3n) is 2.50. The Morgan fingerprint density at radius 1 is 1.33 bits per heavy atom. The van der Waals surface area contributed by atoms with E-state index in [-0.39, 0.29) is 6.04 Å². The van der Waals surface area contributed by atoms with Gasteiger partial charge in [0.25, 0.3) is 0 Å². The van der Waals surface area contributed by atoms with Crippen LogP contribution in [-0.4, -0.2) is 25.9 Å². The average molecular weight is 272 g/mol. The van der Waals surface area contributed by atoms with Crippen LogP contribution >= 0.6 is 11.6 Å². The number of nitrogens with two attached hydrogens (primary N) is 1. The minimum atomic E-state index is 0.0654. The molecule has 18 heavy (non-hydrogen) atoms. The summed E-state index contributed by atoms with van der Waals surface area (Å²) in [6.45, 7) is 6.04. The zero-order valence-electron chi connectivity index (χ0n) is 11.1. The standard InChI is InChI=1S/C14H22ClNO2/c1-3-17-8-5-9-18-14-7-4-6-13(15)12(14)10-11(2)16/h4,6-7,11H,3,5,8-10,16H2,1-2H3. The van der Waals surface area contributed by atoms with Gasteiger partial charge in [-0.15, -0.1) is 0 Å². The molecule has 4 heteroatoms. The van der Waals surface area contributed by atoms with Gasteiger partial charge in [0.05, 0.1) is 6.61 Å². The summed E-state index contributed by atoms with van der Waals surface area (Å²) in [4.78, 5) is 0. The second-order valence-electron chi connectivity index (χ2n) is 4.30. The molecule has 0 bridgehead atoms. The van der Waals surface area contributed by atoms with Crippen molar-refractivity contribution in [2.24, 2.45) is 5.73 Å². The van der Waals surface area contributed by atoms with Gasteiger partial charge in [0, 0.05) is 36.3 Å². The lowest BCUT2D eigenvalue weighted by Gasteiger charge is -2.14. The lowest BCUT2D eigenvalue weighted by molar-refractivity contribution is 0.130. The number of ether oxygens (including phenoxy) is 2. The first-order chi connectivity index (χ1) is 8.65. The van der Waals surface area contributed by atoms with E-state index in [9.17, 15) is 0 Å². The second kappa shape index (κ2) is 8.35. The largest absolute Gasteiger partial charge is 0.493 e. The van der Waals surface area contributed by atoms with E-state index in [0.29, 0.717) is 6.61 Å². The highest BCUT2D eigenvalue weighted by molar-refractivity contribution is 6.31. The van der Waals surface area contributed by atoms with Gasteiger partial charge in [0.2, 0.25) is 0 Å². The molecule has 0 fully saturated rings. The van der Waals surface area contributed by atoms with Crippen LogP contribution in [0.3, 0.4) is 0 Å². The number of rotatable bonds is 8. The molecule has 0 aliphatic carbocycles. The molecule has 0 radical (unpaired) electrons. The number of hydrogen-bond acceptors (Lipinski definition) is 3. The molecule has 1 unspecified atom stereocenters. The highest BCUT2D eigenvalue weighted by Crippen LogP contribution is 2.27. The molecule has 102 valence electrons. The summed E-state index contributed by atoms with van der Waals surface area (Å²) in [5.41, 5.74) is 6.81. The molecule has 0 amide bonds. The van der Waals surface area contributed by atoms with Crippen LogP contribution in [-0.2, 0) is 11.2 Å². The fourth-order valence-electron chi connectivity index (χ4n) is 1.68. The van der Waals surface area contributed by atoms with Crippen molar-refractivity contribution >= 4 is 11.6 Å². The quantitative estimate of drug-likeness (QED) is 0.739.